The normalized spacial score (nSPS) is 18.9. The maximum absolute atomic E-state index is 13.5. The minimum Gasteiger partial charge on any atom is -0.490 e. The number of amides is 4. The summed E-state index contributed by atoms with van der Waals surface area (Å²) in [6, 6.07) is 10.6. The number of rotatable bonds is 11. The molecule has 14 nitrogen and oxygen atoms in total. The lowest BCUT2D eigenvalue weighted by atomic mass is 9.86. The Kier molecular flexibility index (Phi) is 11.6. The van der Waals surface area contributed by atoms with Gasteiger partial charge in [0.15, 0.2) is 0 Å². The zero-order chi connectivity index (χ0) is 40.4. The Balaban J connectivity index is 0.931. The van der Waals surface area contributed by atoms with Gasteiger partial charge < -0.3 is 34.7 Å². The van der Waals surface area contributed by atoms with E-state index in [9.17, 15) is 33.1 Å². The summed E-state index contributed by atoms with van der Waals surface area (Å²) in [5.74, 6) is -0.961. The highest BCUT2D eigenvalue weighted by atomic mass is 35.5. The van der Waals surface area contributed by atoms with Gasteiger partial charge in [0.25, 0.3) is 12.3 Å². The van der Waals surface area contributed by atoms with Crippen molar-refractivity contribution in [3.63, 3.8) is 0 Å². The minimum absolute atomic E-state index is 0.00582. The number of alkyl halides is 2. The van der Waals surface area contributed by atoms with E-state index in [0.29, 0.717) is 80.4 Å². The van der Waals surface area contributed by atoms with E-state index in [1.807, 2.05) is 32.2 Å². The number of hydrogen-bond donors (Lipinski definition) is 4. The molecule has 57 heavy (non-hydrogen) atoms. The van der Waals surface area contributed by atoms with Crippen molar-refractivity contribution in [3.8, 4) is 5.75 Å². The van der Waals surface area contributed by atoms with Gasteiger partial charge in [0.1, 0.15) is 29.0 Å². The van der Waals surface area contributed by atoms with Gasteiger partial charge >= 0.3 is 0 Å². The number of anilines is 3. The Labute approximate surface area is 332 Å². The monoisotopic (exact) mass is 806 g/mol. The average Bonchev–Trinajstić information content (AvgIpc) is 3.59. The summed E-state index contributed by atoms with van der Waals surface area (Å²) in [6.07, 6.45) is 3.24. The maximum atomic E-state index is 13.5. The van der Waals surface area contributed by atoms with E-state index in [0.717, 1.165) is 11.4 Å². The zero-order valence-corrected chi connectivity index (χ0v) is 32.4. The van der Waals surface area contributed by atoms with Crippen LogP contribution in [-0.2, 0) is 14.4 Å². The fraction of sp³-hybridized carbons (Fsp3) is 0.450. The molecule has 0 aliphatic carbocycles. The number of imide groups is 1. The van der Waals surface area contributed by atoms with Crippen LogP contribution in [0.4, 0.5) is 26.0 Å². The van der Waals surface area contributed by atoms with Crippen molar-refractivity contribution >= 4 is 58.1 Å². The number of benzene rings is 1. The molecule has 0 radical (unpaired) electrons. The van der Waals surface area contributed by atoms with Crippen LogP contribution in [0, 0.1) is 0 Å². The van der Waals surface area contributed by atoms with Crippen molar-refractivity contribution in [2.45, 2.75) is 88.9 Å². The number of nitrogens with zero attached hydrogens (tertiary/aromatic N) is 5. The summed E-state index contributed by atoms with van der Waals surface area (Å²) in [7, 11) is 0. The first-order valence-electron chi connectivity index (χ1n) is 19.1. The predicted molar refractivity (Wildman–Crippen MR) is 209 cm³/mol. The molecule has 17 heteroatoms. The van der Waals surface area contributed by atoms with Crippen LogP contribution in [0.25, 0.3) is 5.65 Å². The minimum atomic E-state index is -2.78. The molecule has 1 atom stereocenters. The van der Waals surface area contributed by atoms with Gasteiger partial charge in [0.2, 0.25) is 17.7 Å². The number of aliphatic hydroxyl groups is 1. The molecule has 1 aromatic carbocycles. The van der Waals surface area contributed by atoms with Crippen LogP contribution in [0.5, 0.6) is 5.75 Å². The predicted octanol–water partition coefficient (Wildman–Crippen LogP) is 5.70. The van der Waals surface area contributed by atoms with Crippen LogP contribution in [0.3, 0.4) is 0 Å². The fourth-order valence-corrected chi connectivity index (χ4v) is 7.92. The smallest absolute Gasteiger partial charge is 0.280 e. The number of pyridine rings is 2. The Morgan fingerprint density at radius 3 is 2.47 bits per heavy atom. The summed E-state index contributed by atoms with van der Waals surface area (Å²) in [5.41, 5.74) is 1.45. The first-order valence-corrected chi connectivity index (χ1v) is 19.5. The van der Waals surface area contributed by atoms with E-state index in [1.165, 1.54) is 18.2 Å². The number of imidazole rings is 1. The number of piperidine rings is 3. The number of nitrogens with one attached hydrogen (secondary N) is 3. The number of ether oxygens (including phenoxy) is 1. The van der Waals surface area contributed by atoms with Crippen molar-refractivity contribution in [2.24, 2.45) is 0 Å². The Bertz CT molecular complexity index is 2170. The number of hydrogen-bond acceptors (Lipinski definition) is 10. The van der Waals surface area contributed by atoms with Crippen LogP contribution >= 0.6 is 11.6 Å². The second kappa shape index (κ2) is 16.6. The number of carbonyl (C=O) groups excluding carboxylic acids is 4. The highest BCUT2D eigenvalue weighted by Gasteiger charge is 2.37. The molecule has 4 amide bonds. The number of halogens is 3. The molecular formula is C40H45ClF2N8O6. The summed E-state index contributed by atoms with van der Waals surface area (Å²) < 4.78 is 34.1. The van der Waals surface area contributed by atoms with Gasteiger partial charge in [-0.25, -0.2) is 18.7 Å². The molecular weight excluding hydrogens is 762 g/mol. The van der Waals surface area contributed by atoms with Crippen LogP contribution < -0.4 is 25.6 Å². The first-order chi connectivity index (χ1) is 27.2. The van der Waals surface area contributed by atoms with Crippen molar-refractivity contribution in [3.05, 3.63) is 76.8 Å². The summed E-state index contributed by atoms with van der Waals surface area (Å²) in [5, 5.41) is 20.0. The highest BCUT2D eigenvalue weighted by molar-refractivity contribution is 6.33. The topological polar surface area (TPSA) is 170 Å². The van der Waals surface area contributed by atoms with Crippen molar-refractivity contribution in [2.75, 3.05) is 41.7 Å². The standard InChI is InChI=1S/C40H45ClF2N8O6/c1-23(2)57-32-19-34-46-30(22-51(34)21-26(32)38(54)47-33-5-3-4-28(45-33)37(42)43)24-10-14-50(15-11-24)36(53)20-40(56)12-16-49(17-13-40)31-8-6-25(18-27(31)41)44-29-7-9-35(52)48-39(29)55/h3-6,8,18-19,21-24,29,37,44,56H,7,9-17,20H2,1-2H3,(H,45,47,54)(H,48,52,55). The SMILES string of the molecule is CC(C)Oc1cc2nc(C3CCN(C(=O)CC4(O)CCN(c5ccc(NC6CCC(=O)NC6=O)cc5Cl)CC4)CC3)cn2cc1C(=O)Nc1cccc(C(F)F)n1. The molecule has 3 aliphatic heterocycles. The summed E-state index contributed by atoms with van der Waals surface area (Å²) in [6.45, 7) is 5.70. The van der Waals surface area contributed by atoms with E-state index >= 15 is 0 Å². The number of carbonyl (C=O) groups is 4. The second-order valence-electron chi connectivity index (χ2n) is 15.2. The molecule has 302 valence electrons. The average molecular weight is 807 g/mol. The maximum Gasteiger partial charge on any atom is 0.280 e. The highest BCUT2D eigenvalue weighted by Crippen LogP contribution is 2.36. The molecule has 7 rings (SSSR count). The van der Waals surface area contributed by atoms with Crippen LogP contribution in [-0.4, -0.2) is 91.9 Å². The second-order valence-corrected chi connectivity index (χ2v) is 15.6. The van der Waals surface area contributed by atoms with Crippen molar-refractivity contribution in [1.82, 2.24) is 24.6 Å². The summed E-state index contributed by atoms with van der Waals surface area (Å²) in [4.78, 5) is 63.0. The number of aromatic nitrogens is 3. The van der Waals surface area contributed by atoms with E-state index in [-0.39, 0.29) is 54.0 Å². The van der Waals surface area contributed by atoms with E-state index in [4.69, 9.17) is 21.3 Å². The van der Waals surface area contributed by atoms with E-state index in [2.05, 4.69) is 25.8 Å². The largest absolute Gasteiger partial charge is 0.490 e. The Hall–Kier alpha value is -5.35. The third kappa shape index (κ3) is 9.28. The van der Waals surface area contributed by atoms with Gasteiger partial charge in [-0.2, -0.15) is 0 Å². The van der Waals surface area contributed by atoms with E-state index in [1.54, 1.807) is 27.6 Å². The van der Waals surface area contributed by atoms with Crippen LogP contribution in [0.15, 0.2) is 54.9 Å². The zero-order valence-electron chi connectivity index (χ0n) is 31.6. The molecule has 1 unspecified atom stereocenters. The Morgan fingerprint density at radius 2 is 1.79 bits per heavy atom. The third-order valence-corrected chi connectivity index (χ3v) is 11.0. The summed E-state index contributed by atoms with van der Waals surface area (Å²) >= 11 is 6.65. The lowest BCUT2D eigenvalue weighted by Gasteiger charge is -2.40. The molecule has 6 heterocycles. The van der Waals surface area contributed by atoms with Gasteiger partial charge in [-0.1, -0.05) is 17.7 Å². The fourth-order valence-electron chi connectivity index (χ4n) is 7.62. The van der Waals surface area contributed by atoms with Gasteiger partial charge in [-0.3, -0.25) is 24.5 Å². The molecule has 3 aliphatic rings. The number of fused-ring (bicyclic) bond motifs is 1. The van der Waals surface area contributed by atoms with Crippen LogP contribution in [0.2, 0.25) is 5.02 Å². The van der Waals surface area contributed by atoms with Gasteiger partial charge in [0.05, 0.1) is 40.1 Å². The molecule has 3 fully saturated rings. The first kappa shape index (κ1) is 39.9. The lowest BCUT2D eigenvalue weighted by Crippen LogP contribution is -2.48. The molecule has 3 saturated heterocycles. The Morgan fingerprint density at radius 1 is 1.04 bits per heavy atom. The molecule has 0 saturated carbocycles. The van der Waals surface area contributed by atoms with E-state index < -0.39 is 29.7 Å². The van der Waals surface area contributed by atoms with Crippen molar-refractivity contribution < 1.29 is 37.8 Å². The van der Waals surface area contributed by atoms with Gasteiger partial charge in [0, 0.05) is 62.7 Å². The number of likely N-dealkylation sites (tertiary alicyclic amines) is 1. The molecule has 4 aromatic rings. The lowest BCUT2D eigenvalue weighted by molar-refractivity contribution is -0.138. The quantitative estimate of drug-likeness (QED) is 0.138. The van der Waals surface area contributed by atoms with Crippen LogP contribution in [0.1, 0.15) is 92.9 Å². The molecule has 4 N–H and O–H groups in total. The molecule has 0 spiro atoms. The van der Waals surface area contributed by atoms with Gasteiger partial charge in [-0.05, 0) is 76.3 Å². The van der Waals surface area contributed by atoms with Crippen molar-refractivity contribution in [1.29, 1.82) is 0 Å². The molecule has 0 bridgehead atoms. The molecule has 3 aromatic heterocycles. The van der Waals surface area contributed by atoms with Gasteiger partial charge in [-0.15, -0.1) is 0 Å². The third-order valence-electron chi connectivity index (χ3n) is 10.7.